The lowest BCUT2D eigenvalue weighted by atomic mass is 10.0. The number of hydrogen-bond acceptors (Lipinski definition) is 3. The Hall–Kier alpha value is -1.17. The molecule has 0 spiro atoms. The number of nitrogens with zero attached hydrogens (tertiary/aromatic N) is 2. The summed E-state index contributed by atoms with van der Waals surface area (Å²) in [6.45, 7) is 2.49. The Kier molecular flexibility index (Phi) is 4.90. The molecular formula is C15H15Cl3N2O3. The third-order valence-electron chi connectivity index (χ3n) is 4.28. The fourth-order valence-electron chi connectivity index (χ4n) is 3.22. The van der Waals surface area contributed by atoms with Crippen molar-refractivity contribution in [3.63, 3.8) is 0 Å². The molecule has 23 heavy (non-hydrogen) atoms. The molecule has 1 aromatic carbocycles. The number of halogens is 3. The molecule has 2 heterocycles. The predicted octanol–water partition coefficient (Wildman–Crippen LogP) is 3.85. The number of ether oxygens (including phenoxy) is 1. The Balaban J connectivity index is 1.52. The van der Waals surface area contributed by atoms with Crippen molar-refractivity contribution in [3.8, 4) is 0 Å². The van der Waals surface area contributed by atoms with Crippen LogP contribution in [0.1, 0.15) is 5.56 Å². The lowest BCUT2D eigenvalue weighted by Crippen LogP contribution is -2.34. The summed E-state index contributed by atoms with van der Waals surface area (Å²) < 4.78 is 5.32. The molecular weight excluding hydrogens is 363 g/mol. The first-order valence-corrected chi connectivity index (χ1v) is 8.37. The van der Waals surface area contributed by atoms with Gasteiger partial charge in [0.2, 0.25) is 0 Å². The molecule has 0 bridgehead atoms. The van der Waals surface area contributed by atoms with Crippen LogP contribution in [0.3, 0.4) is 0 Å². The van der Waals surface area contributed by atoms with Gasteiger partial charge in [-0.3, -0.25) is 4.79 Å². The van der Waals surface area contributed by atoms with Gasteiger partial charge in [0.15, 0.2) is 0 Å². The SMILES string of the molecule is O=C(Cl)N1CC2CN(C(=O)OCc3cc(Cl)cc(Cl)c3)CC2C1. The predicted molar refractivity (Wildman–Crippen MR) is 88.0 cm³/mol. The Morgan fingerprint density at radius 2 is 1.52 bits per heavy atom. The summed E-state index contributed by atoms with van der Waals surface area (Å²) in [5, 5.41) is 0.585. The highest BCUT2D eigenvalue weighted by molar-refractivity contribution is 6.62. The van der Waals surface area contributed by atoms with Crippen molar-refractivity contribution < 1.29 is 14.3 Å². The smallest absolute Gasteiger partial charge is 0.410 e. The molecule has 2 fully saturated rings. The highest BCUT2D eigenvalue weighted by atomic mass is 35.5. The molecule has 0 radical (unpaired) electrons. The number of likely N-dealkylation sites (tertiary alicyclic amines) is 2. The monoisotopic (exact) mass is 376 g/mol. The molecule has 0 aliphatic carbocycles. The average Bonchev–Trinajstić information content (AvgIpc) is 3.02. The third-order valence-corrected chi connectivity index (χ3v) is 4.95. The highest BCUT2D eigenvalue weighted by Crippen LogP contribution is 2.32. The summed E-state index contributed by atoms with van der Waals surface area (Å²) in [4.78, 5) is 26.6. The molecule has 124 valence electrons. The Bertz CT molecular complexity index is 606. The van der Waals surface area contributed by atoms with Gasteiger partial charge in [0.25, 0.3) is 0 Å². The van der Waals surface area contributed by atoms with Crippen LogP contribution in [0.15, 0.2) is 18.2 Å². The van der Waals surface area contributed by atoms with Crippen LogP contribution in [-0.2, 0) is 11.3 Å². The lowest BCUT2D eigenvalue weighted by Gasteiger charge is -2.20. The van der Waals surface area contributed by atoms with Crippen LogP contribution >= 0.6 is 34.8 Å². The molecule has 2 amide bonds. The number of amides is 2. The van der Waals surface area contributed by atoms with E-state index in [2.05, 4.69) is 0 Å². The van der Waals surface area contributed by atoms with Crippen LogP contribution in [0.25, 0.3) is 0 Å². The van der Waals surface area contributed by atoms with Crippen molar-refractivity contribution in [2.45, 2.75) is 6.61 Å². The third kappa shape index (κ3) is 3.84. The summed E-state index contributed by atoms with van der Waals surface area (Å²) in [5.41, 5.74) is 0.745. The van der Waals surface area contributed by atoms with E-state index in [4.69, 9.17) is 39.5 Å². The van der Waals surface area contributed by atoms with Gasteiger partial charge in [0.1, 0.15) is 6.61 Å². The second kappa shape index (κ2) is 6.75. The molecule has 2 atom stereocenters. The topological polar surface area (TPSA) is 49.9 Å². The van der Waals surface area contributed by atoms with Crippen molar-refractivity contribution in [3.05, 3.63) is 33.8 Å². The standard InChI is InChI=1S/C15H15Cl3N2O3/c16-12-1-9(2-13(17)3-12)8-23-15(22)20-6-10-4-19(14(18)21)5-11(10)7-20/h1-3,10-11H,4-8H2. The second-order valence-corrected chi connectivity index (χ2v) is 7.11. The van der Waals surface area contributed by atoms with Gasteiger partial charge in [-0.1, -0.05) is 23.2 Å². The molecule has 1 aromatic rings. The van der Waals surface area contributed by atoms with Crippen molar-refractivity contribution in [2.24, 2.45) is 11.8 Å². The van der Waals surface area contributed by atoms with Gasteiger partial charge in [0.05, 0.1) is 0 Å². The zero-order valence-electron chi connectivity index (χ0n) is 12.2. The van der Waals surface area contributed by atoms with E-state index in [0.717, 1.165) is 5.56 Å². The minimum absolute atomic E-state index is 0.122. The van der Waals surface area contributed by atoms with Gasteiger partial charge in [-0.15, -0.1) is 0 Å². The molecule has 2 saturated heterocycles. The number of carbonyl (C=O) groups is 2. The van der Waals surface area contributed by atoms with Crippen LogP contribution in [0.5, 0.6) is 0 Å². The first-order valence-electron chi connectivity index (χ1n) is 7.23. The maximum Gasteiger partial charge on any atom is 0.410 e. The quantitative estimate of drug-likeness (QED) is 0.581. The summed E-state index contributed by atoms with van der Waals surface area (Å²) in [5.74, 6) is 0.539. The lowest BCUT2D eigenvalue weighted by molar-refractivity contribution is 0.101. The van der Waals surface area contributed by atoms with Gasteiger partial charge < -0.3 is 14.5 Å². The summed E-state index contributed by atoms with van der Waals surface area (Å²) in [7, 11) is 0. The van der Waals surface area contributed by atoms with E-state index >= 15 is 0 Å². The van der Waals surface area contributed by atoms with Gasteiger partial charge in [-0.25, -0.2) is 4.79 Å². The molecule has 2 aliphatic rings. The van der Waals surface area contributed by atoms with Crippen LogP contribution in [0.4, 0.5) is 9.59 Å². The van der Waals surface area contributed by atoms with Gasteiger partial charge in [0, 0.05) is 48.1 Å². The fourth-order valence-corrected chi connectivity index (χ4v) is 3.93. The normalized spacial score (nSPS) is 23.1. The van der Waals surface area contributed by atoms with Crippen LogP contribution in [0.2, 0.25) is 10.0 Å². The van der Waals surface area contributed by atoms with Gasteiger partial charge >= 0.3 is 11.5 Å². The number of carbonyl (C=O) groups excluding carboxylic acids is 2. The van der Waals surface area contributed by atoms with E-state index in [9.17, 15) is 9.59 Å². The van der Waals surface area contributed by atoms with Gasteiger partial charge in [-0.2, -0.15) is 0 Å². The van der Waals surface area contributed by atoms with Crippen molar-refractivity contribution in [1.82, 2.24) is 9.80 Å². The van der Waals surface area contributed by atoms with E-state index in [1.807, 2.05) is 0 Å². The Labute approximate surface area is 149 Å². The first kappa shape index (κ1) is 16.7. The minimum atomic E-state index is -0.425. The van der Waals surface area contributed by atoms with E-state index in [0.29, 0.717) is 36.2 Å². The maximum absolute atomic E-state index is 12.2. The van der Waals surface area contributed by atoms with Crippen LogP contribution in [-0.4, -0.2) is 47.4 Å². The fraction of sp³-hybridized carbons (Fsp3) is 0.467. The summed E-state index contributed by atoms with van der Waals surface area (Å²) >= 11 is 17.3. The second-order valence-electron chi connectivity index (χ2n) is 5.92. The number of benzene rings is 1. The summed E-state index contributed by atoms with van der Waals surface area (Å²) in [6.07, 6.45) is -0.362. The first-order chi connectivity index (χ1) is 10.9. The van der Waals surface area contributed by atoms with Crippen molar-refractivity contribution in [1.29, 1.82) is 0 Å². The average molecular weight is 378 g/mol. The van der Waals surface area contributed by atoms with Crippen molar-refractivity contribution in [2.75, 3.05) is 26.2 Å². The molecule has 0 aromatic heterocycles. The van der Waals surface area contributed by atoms with E-state index < -0.39 is 5.37 Å². The molecule has 2 aliphatic heterocycles. The molecule has 8 heteroatoms. The maximum atomic E-state index is 12.2. The van der Waals surface area contributed by atoms with Crippen molar-refractivity contribution >= 4 is 46.3 Å². The number of fused-ring (bicyclic) bond motifs is 1. The molecule has 0 saturated carbocycles. The zero-order valence-corrected chi connectivity index (χ0v) is 14.4. The molecule has 0 N–H and O–H groups in total. The van der Waals surface area contributed by atoms with E-state index in [1.165, 1.54) is 0 Å². The highest BCUT2D eigenvalue weighted by Gasteiger charge is 2.43. The number of hydrogen-bond donors (Lipinski definition) is 0. The van der Waals surface area contributed by atoms with Gasteiger partial charge in [-0.05, 0) is 35.4 Å². The van der Waals surface area contributed by atoms with Crippen LogP contribution < -0.4 is 0 Å². The summed E-state index contributed by atoms with van der Waals surface area (Å²) in [6, 6.07) is 5.05. The Morgan fingerprint density at radius 3 is 2.04 bits per heavy atom. The molecule has 3 rings (SSSR count). The molecule has 2 unspecified atom stereocenters. The number of rotatable bonds is 2. The minimum Gasteiger partial charge on any atom is -0.445 e. The molecule has 5 nitrogen and oxygen atoms in total. The zero-order chi connectivity index (χ0) is 16.6. The van der Waals surface area contributed by atoms with E-state index in [1.54, 1.807) is 28.0 Å². The van der Waals surface area contributed by atoms with E-state index in [-0.39, 0.29) is 24.5 Å². The largest absolute Gasteiger partial charge is 0.445 e. The van der Waals surface area contributed by atoms with Crippen LogP contribution in [0, 0.1) is 11.8 Å². The Morgan fingerprint density at radius 1 is 1.00 bits per heavy atom.